The van der Waals surface area contributed by atoms with Crippen molar-refractivity contribution in [3.63, 3.8) is 0 Å². The van der Waals surface area contributed by atoms with Gasteiger partial charge in [-0.2, -0.15) is 13.2 Å². The Morgan fingerprint density at radius 1 is 0.737 bits per heavy atom. The average Bonchev–Trinajstić information content (AvgIpc) is 3.22. The maximum Gasteiger partial charge on any atom is 0.573 e. The second-order valence-electron chi connectivity index (χ2n) is 7.45. The lowest BCUT2D eigenvalue weighted by atomic mass is 10.2. The van der Waals surface area contributed by atoms with E-state index in [9.17, 15) is 39.5 Å². The normalized spacial score (nSPS) is 12.5. The fourth-order valence-electron chi connectivity index (χ4n) is 3.15. The van der Waals surface area contributed by atoms with Gasteiger partial charge in [-0.3, -0.25) is 0 Å². The van der Waals surface area contributed by atoms with Crippen LogP contribution in [-0.2, 0) is 6.18 Å². The van der Waals surface area contributed by atoms with E-state index in [-0.39, 0.29) is 28.7 Å². The summed E-state index contributed by atoms with van der Waals surface area (Å²) < 4.78 is 122. The summed E-state index contributed by atoms with van der Waals surface area (Å²) >= 11 is 0. The number of ether oxygens (including phenoxy) is 2. The van der Waals surface area contributed by atoms with Crippen molar-refractivity contribution in [3.05, 3.63) is 54.4 Å². The SMILES string of the molecule is CN(c1ccc(OC(F)(F)F)cc1)c1nc2nc(C(F)(F)F)[nH]c2nc1Nc1ccc(OC(F)(F)F)cc1. The standard InChI is InChI=1S/C21H13F9N6O2/c1-36(11-4-8-13(9-5-11)38-21(28,29)30)17-16(31-10-2-6-12(7-3-10)37-20(25,26)27)32-14-15(33-17)35-18(34-14)19(22,23)24/h2-9H,1H3,(H2,31,32,33,34,35). The summed E-state index contributed by atoms with van der Waals surface area (Å²) in [6, 6.07) is 8.83. The second-order valence-corrected chi connectivity index (χ2v) is 7.45. The number of alkyl halides is 9. The van der Waals surface area contributed by atoms with Gasteiger partial charge in [0.25, 0.3) is 0 Å². The van der Waals surface area contributed by atoms with E-state index in [4.69, 9.17) is 0 Å². The highest BCUT2D eigenvalue weighted by Crippen LogP contribution is 2.35. The van der Waals surface area contributed by atoms with E-state index in [2.05, 4.69) is 29.7 Å². The van der Waals surface area contributed by atoms with Gasteiger partial charge < -0.3 is 24.7 Å². The predicted molar refractivity (Wildman–Crippen MR) is 114 cm³/mol. The van der Waals surface area contributed by atoms with Crippen molar-refractivity contribution in [2.45, 2.75) is 18.9 Å². The van der Waals surface area contributed by atoms with Crippen LogP contribution in [0.2, 0.25) is 0 Å². The molecule has 0 fully saturated rings. The van der Waals surface area contributed by atoms with Crippen molar-refractivity contribution in [3.8, 4) is 11.5 Å². The van der Waals surface area contributed by atoms with Gasteiger partial charge >= 0.3 is 18.9 Å². The van der Waals surface area contributed by atoms with E-state index >= 15 is 0 Å². The molecule has 2 heterocycles. The molecule has 0 saturated heterocycles. The van der Waals surface area contributed by atoms with Crippen molar-refractivity contribution < 1.29 is 49.0 Å². The van der Waals surface area contributed by atoms with Crippen LogP contribution < -0.4 is 19.7 Å². The second kappa shape index (κ2) is 9.46. The number of rotatable bonds is 6. The zero-order valence-corrected chi connectivity index (χ0v) is 18.6. The fraction of sp³-hybridized carbons (Fsp3) is 0.190. The molecular weight excluding hydrogens is 539 g/mol. The van der Waals surface area contributed by atoms with Crippen molar-refractivity contribution in [2.75, 3.05) is 17.3 Å². The molecule has 0 aliphatic heterocycles. The van der Waals surface area contributed by atoms with Gasteiger partial charge in [0.15, 0.2) is 22.9 Å². The molecule has 0 radical (unpaired) electrons. The van der Waals surface area contributed by atoms with Crippen LogP contribution in [-0.4, -0.2) is 39.7 Å². The Bertz CT molecular complexity index is 1420. The van der Waals surface area contributed by atoms with Crippen molar-refractivity contribution in [1.29, 1.82) is 0 Å². The Morgan fingerprint density at radius 2 is 1.26 bits per heavy atom. The van der Waals surface area contributed by atoms with Gasteiger partial charge in [-0.15, -0.1) is 26.3 Å². The number of nitrogens with one attached hydrogen (secondary N) is 2. The monoisotopic (exact) mass is 552 g/mol. The summed E-state index contributed by atoms with van der Waals surface area (Å²) in [5.74, 6) is -2.68. The molecule has 0 unspecified atom stereocenters. The Kier molecular flexibility index (Phi) is 6.62. The number of halogens is 9. The number of hydrogen-bond donors (Lipinski definition) is 2. The van der Waals surface area contributed by atoms with Gasteiger partial charge in [0, 0.05) is 18.4 Å². The number of H-pyrrole nitrogens is 1. The number of aromatic amines is 1. The molecule has 8 nitrogen and oxygen atoms in total. The minimum absolute atomic E-state index is 0.113. The van der Waals surface area contributed by atoms with E-state index in [1.54, 1.807) is 0 Å². The molecule has 4 rings (SSSR count). The third kappa shape index (κ3) is 6.46. The third-order valence-corrected chi connectivity index (χ3v) is 4.71. The zero-order chi connectivity index (χ0) is 27.9. The topological polar surface area (TPSA) is 88.2 Å². The molecular formula is C21H13F9N6O2. The maximum atomic E-state index is 13.1. The number of benzene rings is 2. The molecule has 0 saturated carbocycles. The van der Waals surface area contributed by atoms with Crippen molar-refractivity contribution in [2.24, 2.45) is 0 Å². The molecule has 202 valence electrons. The van der Waals surface area contributed by atoms with Gasteiger partial charge in [-0.05, 0) is 48.5 Å². The zero-order valence-electron chi connectivity index (χ0n) is 18.6. The molecule has 38 heavy (non-hydrogen) atoms. The van der Waals surface area contributed by atoms with E-state index in [0.29, 0.717) is 0 Å². The molecule has 4 aromatic rings. The van der Waals surface area contributed by atoms with Crippen LogP contribution in [0.15, 0.2) is 48.5 Å². The van der Waals surface area contributed by atoms with Crippen molar-refractivity contribution >= 4 is 34.3 Å². The number of aromatic nitrogens is 4. The molecule has 0 aliphatic carbocycles. The molecule has 17 heteroatoms. The Labute approximate surface area is 206 Å². The summed E-state index contributed by atoms with van der Waals surface area (Å²) in [4.78, 5) is 14.9. The molecule has 2 N–H and O–H groups in total. The van der Waals surface area contributed by atoms with Crippen LogP contribution in [0.25, 0.3) is 11.3 Å². The third-order valence-electron chi connectivity index (χ3n) is 4.71. The first-order chi connectivity index (χ1) is 17.6. The Morgan fingerprint density at radius 3 is 1.76 bits per heavy atom. The minimum atomic E-state index is -4.92. The van der Waals surface area contributed by atoms with Crippen molar-refractivity contribution in [1.82, 2.24) is 19.9 Å². The van der Waals surface area contributed by atoms with Crippen LogP contribution >= 0.6 is 0 Å². The van der Waals surface area contributed by atoms with Crippen LogP contribution in [0, 0.1) is 0 Å². The number of anilines is 4. The summed E-state index contributed by atoms with van der Waals surface area (Å²) in [5, 5.41) is 2.74. The highest BCUT2D eigenvalue weighted by molar-refractivity contribution is 5.81. The first-order valence-electron chi connectivity index (χ1n) is 10.1. The summed E-state index contributed by atoms with van der Waals surface area (Å²) in [6.45, 7) is 0. The lowest BCUT2D eigenvalue weighted by molar-refractivity contribution is -0.275. The highest BCUT2D eigenvalue weighted by atomic mass is 19.4. The van der Waals surface area contributed by atoms with Gasteiger partial charge in [0.05, 0.1) is 0 Å². The lowest BCUT2D eigenvalue weighted by Gasteiger charge is -2.21. The number of imidazole rings is 1. The quantitative estimate of drug-likeness (QED) is 0.258. The number of hydrogen-bond acceptors (Lipinski definition) is 7. The van der Waals surface area contributed by atoms with Gasteiger partial charge in [-0.25, -0.2) is 15.0 Å². The highest BCUT2D eigenvalue weighted by Gasteiger charge is 2.36. The largest absolute Gasteiger partial charge is 0.573 e. The average molecular weight is 552 g/mol. The summed E-state index contributed by atoms with van der Waals surface area (Å²) in [7, 11) is 1.40. The van der Waals surface area contributed by atoms with Crippen LogP contribution in [0.3, 0.4) is 0 Å². The molecule has 0 bridgehead atoms. The molecule has 2 aromatic heterocycles. The first-order valence-corrected chi connectivity index (χ1v) is 10.1. The number of nitrogens with zero attached hydrogens (tertiary/aromatic N) is 4. The summed E-state index contributed by atoms with van der Waals surface area (Å²) in [5.41, 5.74) is -0.386. The van der Waals surface area contributed by atoms with Crippen LogP contribution in [0.1, 0.15) is 5.82 Å². The van der Waals surface area contributed by atoms with Gasteiger partial charge in [-0.1, -0.05) is 0 Å². The first kappa shape index (κ1) is 26.6. The lowest BCUT2D eigenvalue weighted by Crippen LogP contribution is -2.17. The van der Waals surface area contributed by atoms with Gasteiger partial charge in [0.1, 0.15) is 11.5 Å². The number of fused-ring (bicyclic) bond motifs is 1. The van der Waals surface area contributed by atoms with E-state index in [1.807, 2.05) is 4.98 Å². The maximum absolute atomic E-state index is 13.1. The van der Waals surface area contributed by atoms with Crippen LogP contribution in [0.4, 0.5) is 62.5 Å². The fourth-order valence-corrected chi connectivity index (χ4v) is 3.15. The minimum Gasteiger partial charge on any atom is -0.406 e. The molecule has 0 amide bonds. The Hall–Kier alpha value is -4.44. The predicted octanol–water partition coefficient (Wildman–Crippen LogP) is 6.68. The van der Waals surface area contributed by atoms with Gasteiger partial charge in [0.2, 0.25) is 5.82 Å². The smallest absolute Gasteiger partial charge is 0.406 e. The molecule has 0 spiro atoms. The summed E-state index contributed by atoms with van der Waals surface area (Å²) in [6.07, 6.45) is -14.7. The Balaban J connectivity index is 1.71. The molecule has 2 aromatic carbocycles. The van der Waals surface area contributed by atoms with E-state index in [0.717, 1.165) is 24.3 Å². The molecule has 0 aliphatic rings. The van der Waals surface area contributed by atoms with E-state index < -0.39 is 41.9 Å². The van der Waals surface area contributed by atoms with E-state index in [1.165, 1.54) is 36.2 Å². The van der Waals surface area contributed by atoms with Crippen LogP contribution in [0.5, 0.6) is 11.5 Å². The molecule has 0 atom stereocenters.